The van der Waals surface area contributed by atoms with Crippen molar-refractivity contribution >= 4 is 17.6 Å². The lowest BCUT2D eigenvalue weighted by Gasteiger charge is -2.03. The van der Waals surface area contributed by atoms with Crippen LogP contribution in [0.1, 0.15) is 21.7 Å². The van der Waals surface area contributed by atoms with Crippen LogP contribution < -0.4 is 0 Å². The van der Waals surface area contributed by atoms with E-state index in [1.807, 2.05) is 0 Å². The predicted molar refractivity (Wildman–Crippen MR) is 61.2 cm³/mol. The van der Waals surface area contributed by atoms with Crippen molar-refractivity contribution in [1.29, 1.82) is 0 Å². The number of carboxylic acids is 1. The van der Waals surface area contributed by atoms with Crippen LogP contribution in [0, 0.1) is 6.92 Å². The molecule has 0 aliphatic rings. The smallest absolute Gasteiger partial charge is 0.339 e. The number of aryl methyl sites for hydroxylation is 2. The van der Waals surface area contributed by atoms with Gasteiger partial charge in [-0.15, -0.1) is 0 Å². The molecular weight excluding hydrogens is 244 g/mol. The second-order valence-electron chi connectivity index (χ2n) is 3.69. The van der Waals surface area contributed by atoms with E-state index in [-0.39, 0.29) is 5.56 Å². The van der Waals surface area contributed by atoms with E-state index in [2.05, 4.69) is 10.2 Å². The molecule has 2 rings (SSSR count). The van der Waals surface area contributed by atoms with Crippen molar-refractivity contribution in [2.75, 3.05) is 0 Å². The van der Waals surface area contributed by atoms with Crippen molar-refractivity contribution in [1.82, 2.24) is 19.6 Å². The molecule has 0 saturated heterocycles. The number of carbonyl (C=O) groups is 1. The van der Waals surface area contributed by atoms with Crippen molar-refractivity contribution in [2.45, 2.75) is 13.5 Å². The van der Waals surface area contributed by atoms with Gasteiger partial charge in [0.2, 0.25) is 0 Å². The van der Waals surface area contributed by atoms with Gasteiger partial charge in [0.15, 0.2) is 0 Å². The highest BCUT2D eigenvalue weighted by Gasteiger charge is 2.16. The summed E-state index contributed by atoms with van der Waals surface area (Å²) < 4.78 is 3.12. The zero-order chi connectivity index (χ0) is 12.6. The van der Waals surface area contributed by atoms with Crippen LogP contribution in [0.2, 0.25) is 5.02 Å². The van der Waals surface area contributed by atoms with Crippen molar-refractivity contribution in [3.63, 3.8) is 0 Å². The third-order valence-electron chi connectivity index (χ3n) is 2.49. The molecule has 0 atom stereocenters. The third-order valence-corrected chi connectivity index (χ3v) is 2.86. The summed E-state index contributed by atoms with van der Waals surface area (Å²) in [6.07, 6.45) is 2.99. The van der Waals surface area contributed by atoms with Gasteiger partial charge in [0.05, 0.1) is 29.2 Å². The highest BCUT2D eigenvalue weighted by atomic mass is 35.5. The van der Waals surface area contributed by atoms with Crippen molar-refractivity contribution < 1.29 is 9.90 Å². The van der Waals surface area contributed by atoms with Crippen molar-refractivity contribution in [3.8, 4) is 0 Å². The molecule has 90 valence electrons. The molecular formula is C10H11ClN4O2. The summed E-state index contributed by atoms with van der Waals surface area (Å²) in [6, 6.07) is 0. The first-order valence-corrected chi connectivity index (χ1v) is 5.30. The van der Waals surface area contributed by atoms with Crippen LogP contribution in [-0.4, -0.2) is 30.6 Å². The van der Waals surface area contributed by atoms with Crippen molar-refractivity contribution in [3.05, 3.63) is 34.4 Å². The first kappa shape index (κ1) is 11.7. The Morgan fingerprint density at radius 2 is 2.29 bits per heavy atom. The van der Waals surface area contributed by atoms with Crippen molar-refractivity contribution in [2.24, 2.45) is 7.05 Å². The molecule has 2 aromatic heterocycles. The number of aromatic carboxylic acids is 1. The fourth-order valence-corrected chi connectivity index (χ4v) is 1.71. The quantitative estimate of drug-likeness (QED) is 0.897. The molecule has 0 aromatic carbocycles. The van der Waals surface area contributed by atoms with E-state index in [4.69, 9.17) is 16.7 Å². The zero-order valence-electron chi connectivity index (χ0n) is 9.38. The van der Waals surface area contributed by atoms with E-state index in [1.165, 1.54) is 10.9 Å². The fraction of sp³-hybridized carbons (Fsp3) is 0.300. The Bertz CT molecular complexity index is 553. The fourth-order valence-electron chi connectivity index (χ4n) is 1.56. The Kier molecular flexibility index (Phi) is 2.89. The minimum absolute atomic E-state index is 0.178. The van der Waals surface area contributed by atoms with Crippen LogP contribution in [0.4, 0.5) is 0 Å². The molecule has 0 bridgehead atoms. The van der Waals surface area contributed by atoms with Gasteiger partial charge in [-0.25, -0.2) is 4.79 Å². The molecule has 0 unspecified atom stereocenters. The van der Waals surface area contributed by atoms with Crippen LogP contribution in [0.15, 0.2) is 12.4 Å². The van der Waals surface area contributed by atoms with Crippen LogP contribution in [0.25, 0.3) is 0 Å². The van der Waals surface area contributed by atoms with Gasteiger partial charge in [0, 0.05) is 13.2 Å². The van der Waals surface area contributed by atoms with E-state index in [1.54, 1.807) is 24.9 Å². The maximum atomic E-state index is 11.0. The van der Waals surface area contributed by atoms with Crippen LogP contribution in [-0.2, 0) is 13.6 Å². The largest absolute Gasteiger partial charge is 0.478 e. The molecule has 0 spiro atoms. The molecule has 7 heteroatoms. The minimum Gasteiger partial charge on any atom is -0.478 e. The maximum absolute atomic E-state index is 11.0. The summed E-state index contributed by atoms with van der Waals surface area (Å²) in [5.74, 6) is -0.997. The third kappa shape index (κ3) is 2.16. The molecule has 0 aliphatic heterocycles. The number of aromatic nitrogens is 4. The molecule has 0 radical (unpaired) electrons. The predicted octanol–water partition coefficient (Wildman–Crippen LogP) is 1.32. The number of hydrogen-bond donors (Lipinski definition) is 1. The lowest BCUT2D eigenvalue weighted by Crippen LogP contribution is -2.10. The SMILES string of the molecule is Cc1nn(Cc2c(C(=O)O)cnn2C)cc1Cl. The molecule has 2 aromatic rings. The molecule has 0 amide bonds. The normalized spacial score (nSPS) is 10.8. The second-order valence-corrected chi connectivity index (χ2v) is 4.10. The van der Waals surface area contributed by atoms with Crippen LogP contribution >= 0.6 is 11.6 Å². The maximum Gasteiger partial charge on any atom is 0.339 e. The number of hydrogen-bond acceptors (Lipinski definition) is 3. The molecule has 1 N–H and O–H groups in total. The highest BCUT2D eigenvalue weighted by Crippen LogP contribution is 2.15. The Labute approximate surface area is 102 Å². The number of nitrogens with zero attached hydrogens (tertiary/aromatic N) is 4. The molecule has 17 heavy (non-hydrogen) atoms. The first-order chi connectivity index (χ1) is 7.99. The summed E-state index contributed by atoms with van der Waals surface area (Å²) in [7, 11) is 1.69. The molecule has 0 fully saturated rings. The van der Waals surface area contributed by atoms with Gasteiger partial charge in [-0.05, 0) is 6.92 Å². The van der Waals surface area contributed by atoms with Crippen LogP contribution in [0.3, 0.4) is 0 Å². The van der Waals surface area contributed by atoms with Crippen LogP contribution in [0.5, 0.6) is 0 Å². The lowest BCUT2D eigenvalue weighted by molar-refractivity contribution is 0.0695. The van der Waals surface area contributed by atoms with Gasteiger partial charge < -0.3 is 5.11 Å². The average Bonchev–Trinajstić information content (AvgIpc) is 2.74. The van der Waals surface area contributed by atoms with Gasteiger partial charge >= 0.3 is 5.97 Å². The molecule has 2 heterocycles. The van der Waals surface area contributed by atoms with Gasteiger partial charge in [-0.1, -0.05) is 11.6 Å². The van der Waals surface area contributed by atoms with Gasteiger partial charge in [-0.3, -0.25) is 9.36 Å². The summed E-state index contributed by atoms with van der Waals surface area (Å²) in [5, 5.41) is 17.7. The van der Waals surface area contributed by atoms with Gasteiger partial charge in [-0.2, -0.15) is 10.2 Å². The Hall–Kier alpha value is -1.82. The summed E-state index contributed by atoms with van der Waals surface area (Å²) >= 11 is 5.89. The first-order valence-electron chi connectivity index (χ1n) is 4.92. The molecule has 0 aliphatic carbocycles. The lowest BCUT2D eigenvalue weighted by atomic mass is 10.2. The average molecular weight is 255 g/mol. The number of halogens is 1. The number of carboxylic acid groups (broad SMARTS) is 1. The zero-order valence-corrected chi connectivity index (χ0v) is 10.1. The topological polar surface area (TPSA) is 72.9 Å². The van der Waals surface area contributed by atoms with Gasteiger partial charge in [0.25, 0.3) is 0 Å². The summed E-state index contributed by atoms with van der Waals surface area (Å²) in [5.41, 5.74) is 1.47. The van der Waals surface area contributed by atoms with E-state index in [0.717, 1.165) is 0 Å². The minimum atomic E-state index is -0.997. The van der Waals surface area contributed by atoms with E-state index >= 15 is 0 Å². The molecule has 0 saturated carbocycles. The summed E-state index contributed by atoms with van der Waals surface area (Å²) in [4.78, 5) is 11.0. The standard InChI is InChI=1S/C10H11ClN4O2/c1-6-8(11)4-15(13-6)5-9-7(10(16)17)3-12-14(9)2/h3-4H,5H2,1-2H3,(H,16,17). The highest BCUT2D eigenvalue weighted by molar-refractivity contribution is 6.31. The Balaban J connectivity index is 2.35. The van der Waals surface area contributed by atoms with Gasteiger partial charge in [0.1, 0.15) is 5.56 Å². The number of rotatable bonds is 3. The van der Waals surface area contributed by atoms with E-state index < -0.39 is 5.97 Å². The van der Waals surface area contributed by atoms with E-state index in [9.17, 15) is 4.79 Å². The second kappa shape index (κ2) is 4.21. The Morgan fingerprint density at radius 3 is 2.82 bits per heavy atom. The monoisotopic (exact) mass is 254 g/mol. The molecule has 6 nitrogen and oxygen atoms in total. The summed E-state index contributed by atoms with van der Waals surface area (Å²) in [6.45, 7) is 2.12. The Morgan fingerprint density at radius 1 is 1.59 bits per heavy atom. The van der Waals surface area contributed by atoms with E-state index in [0.29, 0.717) is 23.0 Å².